The van der Waals surface area contributed by atoms with Gasteiger partial charge in [-0.25, -0.2) is 9.97 Å². The SMILES string of the molecule is Cc1ccc2nc(-c3ccc4nc(-c5ccc(N/N=C6\C(=O)C=Cc7cc(S(=O)(=O)O)cc(S(=O)(=O)O)c76)c(S(=O)(=O)O)c5)sc4c3)sc2c1. The highest BCUT2D eigenvalue weighted by molar-refractivity contribution is 7.86. The molecule has 0 atom stereocenters. The van der Waals surface area contributed by atoms with E-state index in [0.717, 1.165) is 55.3 Å². The first kappa shape index (κ1) is 33.8. The van der Waals surface area contributed by atoms with E-state index in [1.807, 2.05) is 37.3 Å². The molecular weight excluding hydrogens is 749 g/mol. The Bertz CT molecular complexity index is 2860. The maximum atomic E-state index is 12.8. The predicted molar refractivity (Wildman–Crippen MR) is 188 cm³/mol. The zero-order chi connectivity index (χ0) is 35.7. The fraction of sp³-hybridized carbons (Fsp3) is 0.0323. The Kier molecular flexibility index (Phi) is 8.07. The quantitative estimate of drug-likeness (QED) is 0.113. The summed E-state index contributed by atoms with van der Waals surface area (Å²) in [6.45, 7) is 2.01. The summed E-state index contributed by atoms with van der Waals surface area (Å²) in [5.41, 5.74) is 4.52. The molecule has 50 heavy (non-hydrogen) atoms. The molecule has 4 aromatic carbocycles. The summed E-state index contributed by atoms with van der Waals surface area (Å²) in [5, 5.41) is 5.15. The van der Waals surface area contributed by atoms with Crippen LogP contribution in [0, 0.1) is 6.92 Å². The van der Waals surface area contributed by atoms with Crippen molar-refractivity contribution >= 4 is 96.7 Å². The van der Waals surface area contributed by atoms with Crippen LogP contribution in [0.5, 0.6) is 0 Å². The molecule has 0 bridgehead atoms. The third-order valence-electron chi connectivity index (χ3n) is 7.54. The first-order valence-corrected chi connectivity index (χ1v) is 20.0. The Balaban J connectivity index is 1.26. The zero-order valence-electron chi connectivity index (χ0n) is 25.1. The lowest BCUT2D eigenvalue weighted by Gasteiger charge is -2.17. The molecular formula is C31H20N4O10S5. The van der Waals surface area contributed by atoms with Crippen LogP contribution in [0.2, 0.25) is 0 Å². The van der Waals surface area contributed by atoms with Gasteiger partial charge >= 0.3 is 0 Å². The maximum Gasteiger partial charge on any atom is 0.296 e. The van der Waals surface area contributed by atoms with Gasteiger partial charge in [0.25, 0.3) is 30.4 Å². The second-order valence-corrected chi connectivity index (χ2v) is 17.2. The third-order valence-corrected chi connectivity index (χ3v) is 12.3. The zero-order valence-corrected chi connectivity index (χ0v) is 29.2. The number of anilines is 1. The van der Waals surface area contributed by atoms with Crippen molar-refractivity contribution in [2.75, 3.05) is 5.43 Å². The number of ketones is 1. The summed E-state index contributed by atoms with van der Waals surface area (Å²) in [7, 11) is -15.0. The molecule has 1 aliphatic carbocycles. The van der Waals surface area contributed by atoms with Gasteiger partial charge < -0.3 is 0 Å². The molecule has 1 aliphatic rings. The molecule has 0 fully saturated rings. The fourth-order valence-corrected chi connectivity index (χ4v) is 9.33. The number of carbonyl (C=O) groups excluding carboxylic acids is 1. The summed E-state index contributed by atoms with van der Waals surface area (Å²) in [6, 6.07) is 16.9. The number of rotatable bonds is 7. The van der Waals surface area contributed by atoms with Crippen molar-refractivity contribution in [2.24, 2.45) is 5.10 Å². The number of thiazole rings is 2. The normalized spacial score (nSPS) is 14.5. The molecule has 6 aromatic rings. The minimum absolute atomic E-state index is 0.213. The van der Waals surface area contributed by atoms with Crippen LogP contribution < -0.4 is 5.43 Å². The van der Waals surface area contributed by atoms with Crippen molar-refractivity contribution in [2.45, 2.75) is 21.6 Å². The average molecular weight is 769 g/mol. The number of nitrogens with one attached hydrogen (secondary N) is 1. The Morgan fingerprint density at radius 3 is 1.92 bits per heavy atom. The third kappa shape index (κ3) is 6.36. The number of allylic oxidation sites excluding steroid dienone is 1. The number of aromatic nitrogens is 2. The number of carbonyl (C=O) groups is 1. The van der Waals surface area contributed by atoms with E-state index in [4.69, 9.17) is 4.98 Å². The summed E-state index contributed by atoms with van der Waals surface area (Å²) in [5.74, 6) is -0.894. The number of nitrogens with zero attached hydrogens (tertiary/aromatic N) is 3. The van der Waals surface area contributed by atoms with E-state index in [1.54, 1.807) is 11.3 Å². The molecule has 0 unspecified atom stereocenters. The fourth-order valence-electron chi connectivity index (χ4n) is 5.24. The molecule has 2 aromatic heterocycles. The number of fused-ring (bicyclic) bond motifs is 3. The van der Waals surface area contributed by atoms with E-state index in [0.29, 0.717) is 22.2 Å². The van der Waals surface area contributed by atoms with Crippen molar-refractivity contribution in [1.29, 1.82) is 0 Å². The van der Waals surface area contributed by atoms with Crippen molar-refractivity contribution in [3.05, 3.63) is 89.5 Å². The van der Waals surface area contributed by atoms with Gasteiger partial charge in [0, 0.05) is 16.7 Å². The summed E-state index contributed by atoms with van der Waals surface area (Å²) in [4.78, 5) is 19.6. The van der Waals surface area contributed by atoms with Gasteiger partial charge in [-0.15, -0.1) is 22.7 Å². The molecule has 0 aliphatic heterocycles. The molecule has 254 valence electrons. The summed E-state index contributed by atoms with van der Waals surface area (Å²) >= 11 is 2.83. The summed E-state index contributed by atoms with van der Waals surface area (Å²) in [6.07, 6.45) is 1.98. The van der Waals surface area contributed by atoms with Crippen molar-refractivity contribution in [3.8, 4) is 21.1 Å². The highest BCUT2D eigenvalue weighted by Crippen LogP contribution is 2.38. The van der Waals surface area contributed by atoms with Gasteiger partial charge in [0.05, 0.1) is 31.0 Å². The topological polar surface area (TPSA) is 230 Å². The number of aryl methyl sites for hydroxylation is 1. The standard InChI is InChI=1S/C31H20N4O10S5/c1-15-2-6-20-24(10-15)46-30(32-20)17-3-7-21-25(12-17)47-31(33-21)18-4-8-22(26(13-18)49(40,41)42)34-35-29-23(36)9-5-16-11-19(48(37,38)39)14-27(28(16)29)50(43,44)45/h2-14,34H,1H3,(H,37,38,39)(H,40,41,42)(H,43,44,45)/b35-29+. The van der Waals surface area contributed by atoms with E-state index in [9.17, 15) is 43.7 Å². The molecule has 0 amide bonds. The van der Waals surface area contributed by atoms with Crippen molar-refractivity contribution in [1.82, 2.24) is 9.97 Å². The van der Waals surface area contributed by atoms with E-state index in [2.05, 4.69) is 21.6 Å². The molecule has 7 rings (SSSR count). The van der Waals surface area contributed by atoms with Gasteiger partial charge in [0.1, 0.15) is 25.5 Å². The van der Waals surface area contributed by atoms with Crippen LogP contribution in [-0.2, 0) is 35.1 Å². The number of benzene rings is 4. The molecule has 14 nitrogen and oxygen atoms in total. The van der Waals surface area contributed by atoms with Crippen LogP contribution in [0.1, 0.15) is 16.7 Å². The summed E-state index contributed by atoms with van der Waals surface area (Å²) < 4.78 is 104. The lowest BCUT2D eigenvalue weighted by atomic mass is 9.94. The minimum atomic E-state index is -5.19. The molecule has 2 heterocycles. The largest absolute Gasteiger partial charge is 0.296 e. The molecule has 4 N–H and O–H groups in total. The van der Waals surface area contributed by atoms with Crippen molar-refractivity contribution < 1.29 is 43.7 Å². The Morgan fingerprint density at radius 1 is 0.680 bits per heavy atom. The Morgan fingerprint density at radius 2 is 1.28 bits per heavy atom. The number of hydrogen-bond acceptors (Lipinski definition) is 13. The molecule has 19 heteroatoms. The highest BCUT2D eigenvalue weighted by Gasteiger charge is 2.31. The van der Waals surface area contributed by atoms with Gasteiger partial charge in [-0.2, -0.15) is 30.4 Å². The second-order valence-electron chi connectivity index (χ2n) is 11.0. The van der Waals surface area contributed by atoms with Crippen LogP contribution in [0.15, 0.2) is 92.6 Å². The second kappa shape index (κ2) is 12.0. The lowest BCUT2D eigenvalue weighted by Crippen LogP contribution is -2.23. The lowest BCUT2D eigenvalue weighted by molar-refractivity contribution is -0.108. The molecule has 0 saturated carbocycles. The van der Waals surface area contributed by atoms with Gasteiger partial charge in [-0.3, -0.25) is 23.9 Å². The Hall–Kier alpha value is -4.73. The molecule has 0 radical (unpaired) electrons. The monoisotopic (exact) mass is 768 g/mol. The first-order chi connectivity index (χ1) is 23.5. The van der Waals surface area contributed by atoms with E-state index < -0.39 is 62.1 Å². The van der Waals surface area contributed by atoms with Crippen LogP contribution in [0.3, 0.4) is 0 Å². The van der Waals surface area contributed by atoms with Gasteiger partial charge in [-0.1, -0.05) is 12.1 Å². The van der Waals surface area contributed by atoms with Crippen LogP contribution in [-0.4, -0.2) is 60.4 Å². The van der Waals surface area contributed by atoms with Crippen LogP contribution >= 0.6 is 22.7 Å². The maximum absolute atomic E-state index is 12.8. The van der Waals surface area contributed by atoms with Gasteiger partial charge in [-0.05, 0) is 84.8 Å². The van der Waals surface area contributed by atoms with Gasteiger partial charge in [0.2, 0.25) is 5.78 Å². The number of hydrazone groups is 1. The van der Waals surface area contributed by atoms with Crippen LogP contribution in [0.4, 0.5) is 5.69 Å². The average Bonchev–Trinajstić information content (AvgIpc) is 3.66. The Labute approximate surface area is 291 Å². The predicted octanol–water partition coefficient (Wildman–Crippen LogP) is 5.70. The minimum Gasteiger partial charge on any atom is -0.287 e. The van der Waals surface area contributed by atoms with E-state index in [1.165, 1.54) is 23.5 Å². The molecule has 0 saturated heterocycles. The van der Waals surface area contributed by atoms with Crippen LogP contribution in [0.25, 0.3) is 47.7 Å². The smallest absolute Gasteiger partial charge is 0.287 e. The number of hydrogen-bond donors (Lipinski definition) is 4. The van der Waals surface area contributed by atoms with Crippen molar-refractivity contribution in [3.63, 3.8) is 0 Å². The molecule has 0 spiro atoms. The van der Waals surface area contributed by atoms with E-state index >= 15 is 0 Å². The highest BCUT2D eigenvalue weighted by atomic mass is 32.2. The first-order valence-electron chi connectivity index (χ1n) is 14.1. The van der Waals surface area contributed by atoms with Gasteiger partial charge in [0.15, 0.2) is 0 Å². The van der Waals surface area contributed by atoms with E-state index in [-0.39, 0.29) is 11.3 Å².